The third-order valence-corrected chi connectivity index (χ3v) is 8.38. The van der Waals surface area contributed by atoms with E-state index in [0.717, 1.165) is 36.4 Å². The molecule has 0 saturated heterocycles. The number of allylic oxidation sites excluding steroid dienone is 1. The van der Waals surface area contributed by atoms with E-state index < -0.39 is 29.6 Å². The predicted molar refractivity (Wildman–Crippen MR) is 156 cm³/mol. The van der Waals surface area contributed by atoms with E-state index in [1.165, 1.54) is 18.3 Å². The molecule has 2 fully saturated rings. The number of alkyl halides is 6. The number of nitrogens with one attached hydrogen (secondary N) is 1. The van der Waals surface area contributed by atoms with E-state index in [2.05, 4.69) is 27.0 Å². The van der Waals surface area contributed by atoms with Crippen LogP contribution in [0.15, 0.2) is 69.8 Å². The SMILES string of the molecule is C=N/N=C\N(C)CC1(c2cccc(N(C=O)/C=C3/C(C(F)(F)F)=CC(CNC4(C)CCC4)=CN3C)c2)CC(OC(F)(F)F)C1. The highest BCUT2D eigenvalue weighted by Gasteiger charge is 2.50. The largest absolute Gasteiger partial charge is 0.522 e. The monoisotopic (exact) mass is 626 g/mol. The second-order valence-electron chi connectivity index (χ2n) is 11.9. The van der Waals surface area contributed by atoms with Crippen LogP contribution in [-0.4, -0.2) is 80.6 Å². The molecular formula is C30H36F6N6O2. The molecule has 0 bridgehead atoms. The quantitative estimate of drug-likeness (QED) is 0.104. The molecule has 1 aromatic carbocycles. The first kappa shape index (κ1) is 33.2. The molecule has 0 unspecified atom stereocenters. The molecule has 240 valence electrons. The Labute approximate surface area is 252 Å². The second kappa shape index (κ2) is 12.8. The van der Waals surface area contributed by atoms with Crippen molar-refractivity contribution in [3.8, 4) is 0 Å². The van der Waals surface area contributed by atoms with Gasteiger partial charge in [0.05, 0.1) is 17.4 Å². The van der Waals surface area contributed by atoms with Gasteiger partial charge in [-0.15, -0.1) is 18.3 Å². The molecule has 14 heteroatoms. The van der Waals surface area contributed by atoms with Crippen LogP contribution in [0, 0.1) is 0 Å². The first-order chi connectivity index (χ1) is 20.6. The zero-order valence-corrected chi connectivity index (χ0v) is 24.8. The molecule has 4 rings (SSSR count). The third kappa shape index (κ3) is 7.89. The topological polar surface area (TPSA) is 72.8 Å². The van der Waals surface area contributed by atoms with E-state index in [1.807, 2.05) is 6.92 Å². The molecule has 0 spiro atoms. The Morgan fingerprint density at radius 3 is 2.48 bits per heavy atom. The number of hydrogen-bond acceptors (Lipinski definition) is 6. The number of hydrogen-bond donors (Lipinski definition) is 1. The first-order valence-electron chi connectivity index (χ1n) is 14.0. The van der Waals surface area contributed by atoms with Gasteiger partial charge in [0.1, 0.15) is 6.34 Å². The molecule has 1 amide bonds. The van der Waals surface area contributed by atoms with E-state index in [-0.39, 0.29) is 42.9 Å². The smallest absolute Gasteiger partial charge is 0.363 e. The highest BCUT2D eigenvalue weighted by atomic mass is 19.4. The summed E-state index contributed by atoms with van der Waals surface area (Å²) < 4.78 is 85.8. The lowest BCUT2D eigenvalue weighted by atomic mass is 9.62. The maximum absolute atomic E-state index is 14.3. The van der Waals surface area contributed by atoms with Gasteiger partial charge in [0.2, 0.25) is 6.41 Å². The minimum atomic E-state index is -4.80. The fourth-order valence-electron chi connectivity index (χ4n) is 5.97. The lowest BCUT2D eigenvalue weighted by molar-refractivity contribution is -0.355. The maximum atomic E-state index is 14.3. The summed E-state index contributed by atoms with van der Waals surface area (Å²) in [4.78, 5) is 16.3. The number of likely N-dealkylation sites (N-methyl/N-ethyl adjacent to an activating group) is 2. The van der Waals surface area contributed by atoms with Gasteiger partial charge in [0, 0.05) is 62.9 Å². The number of rotatable bonds is 12. The van der Waals surface area contributed by atoms with Gasteiger partial charge in [0.25, 0.3) is 0 Å². The summed E-state index contributed by atoms with van der Waals surface area (Å²) in [5.74, 6) is 0. The number of carbonyl (C=O) groups is 1. The van der Waals surface area contributed by atoms with Gasteiger partial charge in [-0.3, -0.25) is 14.4 Å². The predicted octanol–water partition coefficient (Wildman–Crippen LogP) is 5.85. The van der Waals surface area contributed by atoms with Crippen molar-refractivity contribution in [2.75, 3.05) is 32.1 Å². The minimum Gasteiger partial charge on any atom is -0.363 e. The standard InChI is InChI=1S/C30H36F6N6O2/c1-27(9-6-10-27)38-15-21-11-25(29(31,32)33)26(41(4)16-21)17-42(20-43)23-8-5-7-22(12-23)28(18-40(3)19-39-37-2)13-24(14-28)44-30(34,35)36/h5,7-8,11-12,16-17,19-20,24,38H,2,6,9-10,13-15,18H2,1,3-4H3/b26-17-,39-19-. The van der Waals surface area contributed by atoms with Crippen molar-refractivity contribution in [3.05, 3.63) is 65.1 Å². The maximum Gasteiger partial charge on any atom is 0.522 e. The summed E-state index contributed by atoms with van der Waals surface area (Å²) in [6.07, 6.45) is -2.01. The van der Waals surface area contributed by atoms with Gasteiger partial charge in [0.15, 0.2) is 0 Å². The Hall–Kier alpha value is -3.65. The van der Waals surface area contributed by atoms with Crippen LogP contribution in [0.4, 0.5) is 32.0 Å². The van der Waals surface area contributed by atoms with Gasteiger partial charge in [-0.25, -0.2) is 0 Å². The molecular weight excluding hydrogens is 590 g/mol. The van der Waals surface area contributed by atoms with Crippen LogP contribution < -0.4 is 10.2 Å². The zero-order chi connectivity index (χ0) is 32.3. The summed E-state index contributed by atoms with van der Waals surface area (Å²) in [6.45, 7) is 5.81. The van der Waals surface area contributed by atoms with E-state index in [4.69, 9.17) is 0 Å². The lowest BCUT2D eigenvalue weighted by Crippen LogP contribution is -2.53. The van der Waals surface area contributed by atoms with Gasteiger partial charge < -0.3 is 15.1 Å². The van der Waals surface area contributed by atoms with Crippen LogP contribution in [0.3, 0.4) is 0 Å². The van der Waals surface area contributed by atoms with Crippen molar-refractivity contribution in [2.45, 2.75) is 68.6 Å². The van der Waals surface area contributed by atoms with Crippen LogP contribution in [0.1, 0.15) is 44.6 Å². The highest BCUT2D eigenvalue weighted by molar-refractivity contribution is 5.79. The van der Waals surface area contributed by atoms with E-state index in [9.17, 15) is 31.1 Å². The van der Waals surface area contributed by atoms with Crippen LogP contribution in [0.25, 0.3) is 0 Å². The minimum absolute atomic E-state index is 0.0161. The molecule has 0 atom stereocenters. The first-order valence-corrected chi connectivity index (χ1v) is 14.0. The molecule has 1 aliphatic heterocycles. The third-order valence-electron chi connectivity index (χ3n) is 8.38. The van der Waals surface area contributed by atoms with Crippen LogP contribution in [-0.2, 0) is 14.9 Å². The number of carbonyl (C=O) groups excluding carboxylic acids is 1. The van der Waals surface area contributed by atoms with Crippen molar-refractivity contribution in [2.24, 2.45) is 10.2 Å². The average Bonchev–Trinajstić information content (AvgIpc) is 2.90. The zero-order valence-electron chi connectivity index (χ0n) is 24.8. The number of ether oxygens (including phenoxy) is 1. The molecule has 1 heterocycles. The van der Waals surface area contributed by atoms with Gasteiger partial charge in [-0.05, 0) is 68.4 Å². The molecule has 0 aromatic heterocycles. The lowest BCUT2D eigenvalue weighted by Gasteiger charge is -2.49. The molecule has 8 nitrogen and oxygen atoms in total. The number of halogens is 6. The van der Waals surface area contributed by atoms with E-state index in [0.29, 0.717) is 17.5 Å². The van der Waals surface area contributed by atoms with Crippen LogP contribution >= 0.6 is 0 Å². The van der Waals surface area contributed by atoms with Crippen molar-refractivity contribution in [1.82, 2.24) is 15.1 Å². The Balaban J connectivity index is 1.63. The Morgan fingerprint density at radius 2 is 1.91 bits per heavy atom. The van der Waals surface area contributed by atoms with E-state index in [1.54, 1.807) is 42.4 Å². The van der Waals surface area contributed by atoms with Gasteiger partial charge in [-0.2, -0.15) is 18.3 Å². The molecule has 3 aliphatic rings. The Morgan fingerprint density at radius 1 is 1.20 bits per heavy atom. The molecule has 2 aliphatic carbocycles. The number of benzene rings is 1. The molecule has 44 heavy (non-hydrogen) atoms. The molecule has 1 N–H and O–H groups in total. The number of anilines is 1. The van der Waals surface area contributed by atoms with Crippen LogP contribution in [0.2, 0.25) is 0 Å². The normalized spacial score (nSPS) is 24.3. The second-order valence-corrected chi connectivity index (χ2v) is 11.9. The highest BCUT2D eigenvalue weighted by Crippen LogP contribution is 2.48. The Kier molecular flexibility index (Phi) is 9.64. The molecule has 2 saturated carbocycles. The average molecular weight is 627 g/mol. The van der Waals surface area contributed by atoms with E-state index >= 15 is 0 Å². The van der Waals surface area contributed by atoms with Crippen molar-refractivity contribution >= 4 is 25.2 Å². The van der Waals surface area contributed by atoms with Crippen LogP contribution in [0.5, 0.6) is 0 Å². The number of nitrogens with zero attached hydrogens (tertiary/aromatic N) is 5. The van der Waals surface area contributed by atoms with Gasteiger partial charge in [-0.1, -0.05) is 12.1 Å². The van der Waals surface area contributed by atoms with Crippen molar-refractivity contribution < 1.29 is 35.9 Å². The number of amides is 1. The van der Waals surface area contributed by atoms with Crippen molar-refractivity contribution in [3.63, 3.8) is 0 Å². The summed E-state index contributed by atoms with van der Waals surface area (Å²) in [5.41, 5.74) is -0.767. The van der Waals surface area contributed by atoms with Gasteiger partial charge >= 0.3 is 12.5 Å². The fourth-order valence-corrected chi connectivity index (χ4v) is 5.97. The molecule has 0 radical (unpaired) electrons. The summed E-state index contributed by atoms with van der Waals surface area (Å²) in [5, 5.41) is 10.5. The fraction of sp³-hybridized carbons (Fsp3) is 0.500. The Bertz CT molecular complexity index is 1340. The summed E-state index contributed by atoms with van der Waals surface area (Å²) in [7, 11) is 3.16. The summed E-state index contributed by atoms with van der Waals surface area (Å²) >= 11 is 0. The van der Waals surface area contributed by atoms with Crippen molar-refractivity contribution in [1.29, 1.82) is 0 Å². The molecule has 1 aromatic rings. The summed E-state index contributed by atoms with van der Waals surface area (Å²) in [6, 6.07) is 6.45.